The fraction of sp³-hybridized carbons (Fsp3) is 0.316. The van der Waals surface area contributed by atoms with E-state index in [2.05, 4.69) is 10.6 Å². The van der Waals surface area contributed by atoms with E-state index in [-0.39, 0.29) is 5.82 Å². The summed E-state index contributed by atoms with van der Waals surface area (Å²) in [4.78, 5) is 14.2. The summed E-state index contributed by atoms with van der Waals surface area (Å²) in [7, 11) is 3.96. The van der Waals surface area contributed by atoms with Crippen LogP contribution in [0.2, 0.25) is 0 Å². The molecule has 2 rings (SSSR count). The normalized spacial score (nSPS) is 13.4. The van der Waals surface area contributed by atoms with Crippen molar-refractivity contribution in [3.8, 4) is 0 Å². The molecule has 2 aromatic rings. The molecule has 0 saturated carbocycles. The number of halogens is 1. The zero-order valence-electron chi connectivity index (χ0n) is 14.7. The van der Waals surface area contributed by atoms with E-state index in [4.69, 9.17) is 0 Å². The van der Waals surface area contributed by atoms with Crippen molar-refractivity contribution >= 4 is 11.7 Å². The molecule has 2 aromatic carbocycles. The van der Waals surface area contributed by atoms with E-state index in [9.17, 15) is 14.3 Å². The van der Waals surface area contributed by atoms with Gasteiger partial charge in [-0.25, -0.2) is 9.18 Å². The van der Waals surface area contributed by atoms with Crippen LogP contribution in [-0.4, -0.2) is 36.2 Å². The van der Waals surface area contributed by atoms with Crippen molar-refractivity contribution in [2.75, 3.05) is 19.4 Å². The first kappa shape index (κ1) is 18.9. The Kier molecular flexibility index (Phi) is 6.50. The maximum absolute atomic E-state index is 13.0. The Hall–Kier alpha value is -2.44. The van der Waals surface area contributed by atoms with Crippen molar-refractivity contribution in [3.63, 3.8) is 0 Å². The number of carbonyl (C=O) groups excluding carboxylic acids is 1. The van der Waals surface area contributed by atoms with Crippen LogP contribution in [0.4, 0.5) is 14.9 Å². The molecular formula is C19H24FN3O2. The molecule has 0 spiro atoms. The van der Waals surface area contributed by atoms with Crippen molar-refractivity contribution < 1.29 is 14.3 Å². The van der Waals surface area contributed by atoms with Gasteiger partial charge in [0.25, 0.3) is 0 Å². The zero-order chi connectivity index (χ0) is 18.4. The molecule has 2 unspecified atom stereocenters. The first-order chi connectivity index (χ1) is 11.8. The van der Waals surface area contributed by atoms with Crippen LogP contribution in [0.15, 0.2) is 48.5 Å². The zero-order valence-corrected chi connectivity index (χ0v) is 14.7. The summed E-state index contributed by atoms with van der Waals surface area (Å²) < 4.78 is 13.0. The monoisotopic (exact) mass is 345 g/mol. The average Bonchev–Trinajstić information content (AvgIpc) is 2.54. The van der Waals surface area contributed by atoms with Gasteiger partial charge < -0.3 is 20.6 Å². The second-order valence-corrected chi connectivity index (χ2v) is 6.32. The first-order valence-corrected chi connectivity index (χ1v) is 8.10. The first-order valence-electron chi connectivity index (χ1n) is 8.10. The van der Waals surface area contributed by atoms with E-state index in [1.165, 1.54) is 24.3 Å². The minimum atomic E-state index is -0.925. The van der Waals surface area contributed by atoms with Crippen molar-refractivity contribution in [1.29, 1.82) is 0 Å². The van der Waals surface area contributed by atoms with Gasteiger partial charge in [0.2, 0.25) is 0 Å². The summed E-state index contributed by atoms with van der Waals surface area (Å²) in [5.41, 5.74) is 2.31. The summed E-state index contributed by atoms with van der Waals surface area (Å²) >= 11 is 0. The largest absolute Gasteiger partial charge is 0.386 e. The number of benzene rings is 2. The van der Waals surface area contributed by atoms with E-state index in [0.29, 0.717) is 11.3 Å². The lowest BCUT2D eigenvalue weighted by molar-refractivity contribution is 0.139. The smallest absolute Gasteiger partial charge is 0.319 e. The minimum Gasteiger partial charge on any atom is -0.386 e. The number of nitrogens with zero attached hydrogens (tertiary/aromatic N) is 1. The highest BCUT2D eigenvalue weighted by Gasteiger charge is 2.18. The highest BCUT2D eigenvalue weighted by Crippen LogP contribution is 2.17. The third-order valence-electron chi connectivity index (χ3n) is 3.73. The van der Waals surface area contributed by atoms with Gasteiger partial charge in [0.1, 0.15) is 5.82 Å². The van der Waals surface area contributed by atoms with Crippen molar-refractivity contribution in [1.82, 2.24) is 10.2 Å². The molecule has 2 amide bonds. The molecular weight excluding hydrogens is 321 g/mol. The lowest BCUT2D eigenvalue weighted by Crippen LogP contribution is -2.39. The van der Waals surface area contributed by atoms with Gasteiger partial charge in [-0.05, 0) is 56.4 Å². The number of carbonyl (C=O) groups is 1. The van der Waals surface area contributed by atoms with Crippen LogP contribution in [0.5, 0.6) is 0 Å². The molecule has 0 bridgehead atoms. The van der Waals surface area contributed by atoms with Crippen molar-refractivity contribution in [2.24, 2.45) is 0 Å². The average molecular weight is 345 g/mol. The molecule has 0 aromatic heterocycles. The summed E-state index contributed by atoms with van der Waals surface area (Å²) in [6, 6.07) is 12.2. The molecule has 0 saturated heterocycles. The predicted octanol–water partition coefficient (Wildman–Crippen LogP) is 3.13. The Labute approximate surface area is 147 Å². The lowest BCUT2D eigenvalue weighted by Gasteiger charge is -2.21. The second-order valence-electron chi connectivity index (χ2n) is 6.32. The van der Waals surface area contributed by atoms with Crippen molar-refractivity contribution in [3.05, 3.63) is 65.5 Å². The third kappa shape index (κ3) is 5.85. The number of anilines is 1. The van der Waals surface area contributed by atoms with Crippen LogP contribution in [0, 0.1) is 5.82 Å². The van der Waals surface area contributed by atoms with E-state index >= 15 is 0 Å². The van der Waals surface area contributed by atoms with Gasteiger partial charge >= 0.3 is 6.03 Å². The fourth-order valence-corrected chi connectivity index (χ4v) is 2.51. The fourth-order valence-electron chi connectivity index (χ4n) is 2.51. The Bertz CT molecular complexity index is 704. The molecule has 0 radical (unpaired) electrons. The molecule has 25 heavy (non-hydrogen) atoms. The Morgan fingerprint density at radius 1 is 1.20 bits per heavy atom. The van der Waals surface area contributed by atoms with E-state index < -0.39 is 18.2 Å². The van der Waals surface area contributed by atoms with Crippen LogP contribution < -0.4 is 10.6 Å². The Morgan fingerprint density at radius 2 is 1.88 bits per heavy atom. The maximum Gasteiger partial charge on any atom is 0.319 e. The summed E-state index contributed by atoms with van der Waals surface area (Å²) in [5.74, 6) is -0.369. The number of rotatable bonds is 6. The highest BCUT2D eigenvalue weighted by molar-refractivity contribution is 5.89. The Morgan fingerprint density at radius 3 is 2.52 bits per heavy atom. The molecule has 134 valence electrons. The van der Waals surface area contributed by atoms with Gasteiger partial charge in [0, 0.05) is 12.2 Å². The van der Waals surface area contributed by atoms with Gasteiger partial charge in [-0.2, -0.15) is 0 Å². The van der Waals surface area contributed by atoms with Crippen LogP contribution in [0.1, 0.15) is 24.2 Å². The van der Waals surface area contributed by atoms with E-state index in [0.717, 1.165) is 12.1 Å². The molecule has 2 atom stereocenters. The SMILES string of the molecule is CC(NC(=O)Nc1cccc(CN(C)C)c1)C(O)c1ccc(F)cc1. The molecule has 0 aliphatic carbocycles. The van der Waals surface area contributed by atoms with E-state index in [1.807, 2.05) is 37.2 Å². The number of aliphatic hydroxyl groups excluding tert-OH is 1. The molecule has 5 nitrogen and oxygen atoms in total. The van der Waals surface area contributed by atoms with Gasteiger partial charge in [-0.1, -0.05) is 24.3 Å². The molecule has 3 N–H and O–H groups in total. The summed E-state index contributed by atoms with van der Waals surface area (Å²) in [5, 5.41) is 15.7. The van der Waals surface area contributed by atoms with Gasteiger partial charge in [-0.15, -0.1) is 0 Å². The maximum atomic E-state index is 13.0. The molecule has 0 fully saturated rings. The number of hydrogen-bond acceptors (Lipinski definition) is 3. The standard InChI is InChI=1S/C19H24FN3O2/c1-13(18(24)15-7-9-16(20)10-8-15)21-19(25)22-17-6-4-5-14(11-17)12-23(2)3/h4-11,13,18,24H,12H2,1-3H3,(H2,21,22,25). The van der Waals surface area contributed by atoms with Crippen LogP contribution in [-0.2, 0) is 6.54 Å². The van der Waals surface area contributed by atoms with Crippen molar-refractivity contribution in [2.45, 2.75) is 25.6 Å². The highest BCUT2D eigenvalue weighted by atomic mass is 19.1. The topological polar surface area (TPSA) is 64.6 Å². The number of aliphatic hydroxyl groups is 1. The van der Waals surface area contributed by atoms with Crippen LogP contribution in [0.25, 0.3) is 0 Å². The quantitative estimate of drug-likeness (QED) is 0.754. The minimum absolute atomic E-state index is 0.369. The van der Waals surface area contributed by atoms with Gasteiger partial charge in [-0.3, -0.25) is 0 Å². The number of urea groups is 1. The molecule has 0 aliphatic rings. The van der Waals surface area contributed by atoms with Gasteiger partial charge in [0.05, 0.1) is 12.1 Å². The molecule has 0 heterocycles. The molecule has 6 heteroatoms. The number of hydrogen-bond donors (Lipinski definition) is 3. The van der Waals surface area contributed by atoms with Gasteiger partial charge in [0.15, 0.2) is 0 Å². The number of amides is 2. The Balaban J connectivity index is 1.94. The summed E-state index contributed by atoms with van der Waals surface area (Å²) in [6.07, 6.45) is -0.925. The second kappa shape index (κ2) is 8.60. The molecule has 0 aliphatic heterocycles. The number of nitrogens with one attached hydrogen (secondary N) is 2. The lowest BCUT2D eigenvalue weighted by atomic mass is 10.0. The van der Waals surface area contributed by atoms with Crippen LogP contribution in [0.3, 0.4) is 0 Å². The third-order valence-corrected chi connectivity index (χ3v) is 3.73. The predicted molar refractivity (Wildman–Crippen MR) is 96.8 cm³/mol. The van der Waals surface area contributed by atoms with Crippen LogP contribution >= 0.6 is 0 Å². The summed E-state index contributed by atoms with van der Waals surface area (Å²) in [6.45, 7) is 2.47. The van der Waals surface area contributed by atoms with E-state index in [1.54, 1.807) is 13.0 Å².